The molecular formula is C5H8ClN5O2. The van der Waals surface area contributed by atoms with E-state index in [9.17, 15) is 10.1 Å². The van der Waals surface area contributed by atoms with Crippen molar-refractivity contribution in [1.29, 1.82) is 0 Å². The molecule has 1 aliphatic heterocycles. The van der Waals surface area contributed by atoms with Gasteiger partial charge in [0.1, 0.15) is 0 Å². The van der Waals surface area contributed by atoms with Gasteiger partial charge in [0.15, 0.2) is 11.4 Å². The first-order valence-electron chi connectivity index (χ1n) is 3.37. The summed E-state index contributed by atoms with van der Waals surface area (Å²) in [5, 5.41) is 15.6. The molecule has 1 atom stereocenters. The molecule has 1 aliphatic rings. The van der Waals surface area contributed by atoms with Crippen molar-refractivity contribution in [2.45, 2.75) is 5.62 Å². The average molecular weight is 206 g/mol. The molecule has 0 spiro atoms. The van der Waals surface area contributed by atoms with Gasteiger partial charge in [0.25, 0.3) is 0 Å². The lowest BCUT2D eigenvalue weighted by atomic mass is 10.3. The highest BCUT2D eigenvalue weighted by atomic mass is 35.5. The van der Waals surface area contributed by atoms with Gasteiger partial charge in [-0.3, -0.25) is 10.1 Å². The zero-order valence-electron chi connectivity index (χ0n) is 6.74. The number of aliphatic imine (C=N–C) groups is 1. The Balaban J connectivity index is 3.09. The summed E-state index contributed by atoms with van der Waals surface area (Å²) in [6.07, 6.45) is 0. The highest BCUT2D eigenvalue weighted by Crippen LogP contribution is 2.10. The monoisotopic (exact) mass is 205 g/mol. The van der Waals surface area contributed by atoms with E-state index in [0.29, 0.717) is 0 Å². The summed E-state index contributed by atoms with van der Waals surface area (Å²) in [6.45, 7) is 0. The Hall–Kier alpha value is -1.50. The quantitative estimate of drug-likeness (QED) is 0.235. The number of halogens is 1. The van der Waals surface area contributed by atoms with Crippen molar-refractivity contribution in [3.05, 3.63) is 21.6 Å². The van der Waals surface area contributed by atoms with Crippen LogP contribution in [-0.2, 0) is 0 Å². The lowest BCUT2D eigenvalue weighted by Crippen LogP contribution is -2.41. The first kappa shape index (κ1) is 9.59. The lowest BCUT2D eigenvalue weighted by molar-refractivity contribution is -0.417. The second-order valence-electron chi connectivity index (χ2n) is 2.23. The van der Waals surface area contributed by atoms with E-state index >= 15 is 0 Å². The number of rotatable bonds is 2. The molecule has 0 saturated carbocycles. The second kappa shape index (κ2) is 3.48. The van der Waals surface area contributed by atoms with E-state index < -0.39 is 10.5 Å². The smallest absolute Gasteiger partial charge is 0.350 e. The van der Waals surface area contributed by atoms with Crippen LogP contribution >= 0.6 is 11.6 Å². The van der Waals surface area contributed by atoms with E-state index in [1.807, 2.05) is 0 Å². The number of hydrogen-bond acceptors (Lipinski definition) is 6. The summed E-state index contributed by atoms with van der Waals surface area (Å²) in [6, 6.07) is 0. The van der Waals surface area contributed by atoms with Crippen LogP contribution < -0.4 is 16.4 Å². The summed E-state index contributed by atoms with van der Waals surface area (Å²) < 4.78 is 0. The maximum Gasteiger partial charge on any atom is 0.350 e. The first-order valence-corrected chi connectivity index (χ1v) is 3.80. The van der Waals surface area contributed by atoms with Crippen LogP contribution in [0.2, 0.25) is 0 Å². The van der Waals surface area contributed by atoms with Crippen LogP contribution in [0.5, 0.6) is 0 Å². The van der Waals surface area contributed by atoms with Crippen molar-refractivity contribution in [3.63, 3.8) is 0 Å². The van der Waals surface area contributed by atoms with Gasteiger partial charge in [-0.1, -0.05) is 11.6 Å². The van der Waals surface area contributed by atoms with Crippen molar-refractivity contribution in [3.8, 4) is 0 Å². The Morgan fingerprint density at radius 3 is 2.92 bits per heavy atom. The van der Waals surface area contributed by atoms with Gasteiger partial charge in [0.2, 0.25) is 5.84 Å². The van der Waals surface area contributed by atoms with Crippen LogP contribution in [0.3, 0.4) is 0 Å². The molecule has 0 aromatic carbocycles. The predicted octanol–water partition coefficient (Wildman–Crippen LogP) is -0.866. The molecule has 8 heteroatoms. The molecule has 1 unspecified atom stereocenters. The number of nitrogens with one attached hydrogen (secondary N) is 2. The SMILES string of the molecule is CNC1=C([N+](=O)[O-])C(N)=NC(Cl)N1. The summed E-state index contributed by atoms with van der Waals surface area (Å²) in [5.74, 6) is -0.0226. The molecule has 0 aliphatic carbocycles. The van der Waals surface area contributed by atoms with Crippen LogP contribution in [0.15, 0.2) is 16.5 Å². The third-order valence-corrected chi connectivity index (χ3v) is 1.63. The van der Waals surface area contributed by atoms with Gasteiger partial charge in [-0.05, 0) is 0 Å². The van der Waals surface area contributed by atoms with E-state index in [1.54, 1.807) is 0 Å². The highest BCUT2D eigenvalue weighted by molar-refractivity contribution is 6.21. The second-order valence-corrected chi connectivity index (χ2v) is 2.64. The van der Waals surface area contributed by atoms with Crippen molar-refractivity contribution in [2.24, 2.45) is 10.7 Å². The molecule has 0 bridgehead atoms. The Morgan fingerprint density at radius 1 is 1.85 bits per heavy atom. The van der Waals surface area contributed by atoms with Gasteiger partial charge in [-0.2, -0.15) is 0 Å². The van der Waals surface area contributed by atoms with Crippen LogP contribution in [0, 0.1) is 10.1 Å². The van der Waals surface area contributed by atoms with E-state index in [2.05, 4.69) is 15.6 Å². The van der Waals surface area contributed by atoms with Gasteiger partial charge in [-0.25, -0.2) is 4.99 Å². The average Bonchev–Trinajstić information content (AvgIpc) is 2.01. The number of hydrogen-bond donors (Lipinski definition) is 3. The first-order chi connectivity index (χ1) is 6.06. The zero-order chi connectivity index (χ0) is 10.0. The van der Waals surface area contributed by atoms with Crippen molar-refractivity contribution >= 4 is 17.4 Å². The van der Waals surface area contributed by atoms with Gasteiger partial charge in [0.05, 0.1) is 4.92 Å². The van der Waals surface area contributed by atoms with Gasteiger partial charge in [0, 0.05) is 7.05 Å². The molecular weight excluding hydrogens is 198 g/mol. The Morgan fingerprint density at radius 2 is 2.46 bits per heavy atom. The molecule has 0 aromatic heterocycles. The molecule has 1 heterocycles. The Labute approximate surface area is 78.8 Å². The molecule has 0 radical (unpaired) electrons. The summed E-state index contributed by atoms with van der Waals surface area (Å²) in [5.41, 5.74) is 4.26. The highest BCUT2D eigenvalue weighted by Gasteiger charge is 2.28. The topological polar surface area (TPSA) is 106 Å². The van der Waals surface area contributed by atoms with E-state index in [1.165, 1.54) is 7.05 Å². The normalized spacial score (nSPS) is 22.0. The fourth-order valence-corrected chi connectivity index (χ4v) is 1.12. The molecule has 7 nitrogen and oxygen atoms in total. The maximum atomic E-state index is 10.5. The largest absolute Gasteiger partial charge is 0.378 e. The molecule has 0 saturated heterocycles. The fourth-order valence-electron chi connectivity index (χ4n) is 0.906. The minimum Gasteiger partial charge on any atom is -0.378 e. The molecule has 0 amide bonds. The van der Waals surface area contributed by atoms with Gasteiger partial charge in [-0.15, -0.1) is 0 Å². The number of amidine groups is 1. The molecule has 0 fully saturated rings. The van der Waals surface area contributed by atoms with Gasteiger partial charge >= 0.3 is 5.70 Å². The molecule has 1 rings (SSSR count). The Bertz CT molecular complexity index is 299. The number of nitrogens with two attached hydrogens (primary N) is 1. The molecule has 4 N–H and O–H groups in total. The zero-order valence-corrected chi connectivity index (χ0v) is 7.50. The van der Waals surface area contributed by atoms with Crippen molar-refractivity contribution in [1.82, 2.24) is 10.6 Å². The van der Waals surface area contributed by atoms with Crippen LogP contribution in [0.1, 0.15) is 0 Å². The minimum atomic E-state index is -0.772. The number of alkyl halides is 1. The lowest BCUT2D eigenvalue weighted by Gasteiger charge is -2.17. The van der Waals surface area contributed by atoms with E-state index in [-0.39, 0.29) is 17.4 Å². The van der Waals surface area contributed by atoms with E-state index in [4.69, 9.17) is 17.3 Å². The predicted molar refractivity (Wildman–Crippen MR) is 47.5 cm³/mol. The third kappa shape index (κ3) is 1.81. The maximum absolute atomic E-state index is 10.5. The van der Waals surface area contributed by atoms with Crippen molar-refractivity contribution < 1.29 is 4.92 Å². The molecule has 0 aromatic rings. The minimum absolute atomic E-state index is 0.164. The fraction of sp³-hybridized carbons (Fsp3) is 0.400. The molecule has 72 valence electrons. The standard InChI is InChI=1S/C5H8ClN5O2/c1-8-4-2(11(12)13)3(7)9-5(6)10-4/h5,8,10H,1H3,(H2,7,9). The third-order valence-electron chi connectivity index (χ3n) is 1.43. The Kier molecular flexibility index (Phi) is 2.57. The summed E-state index contributed by atoms with van der Waals surface area (Å²) in [4.78, 5) is 13.5. The van der Waals surface area contributed by atoms with Crippen molar-refractivity contribution in [2.75, 3.05) is 7.05 Å². The van der Waals surface area contributed by atoms with Gasteiger partial charge < -0.3 is 16.4 Å². The van der Waals surface area contributed by atoms with Crippen LogP contribution in [0.4, 0.5) is 0 Å². The van der Waals surface area contributed by atoms with Crippen LogP contribution in [0.25, 0.3) is 0 Å². The summed E-state index contributed by atoms with van der Waals surface area (Å²) in [7, 11) is 1.52. The number of nitro groups is 1. The van der Waals surface area contributed by atoms with E-state index in [0.717, 1.165) is 0 Å². The summed E-state index contributed by atoms with van der Waals surface area (Å²) >= 11 is 5.58. The van der Waals surface area contributed by atoms with Crippen LogP contribution in [-0.4, -0.2) is 23.4 Å². The molecule has 13 heavy (non-hydrogen) atoms. The number of nitrogens with zero attached hydrogens (tertiary/aromatic N) is 2.